The molecule has 3 N–H and O–H groups in total. The van der Waals surface area contributed by atoms with E-state index in [1.807, 2.05) is 12.1 Å². The Balaban J connectivity index is 1.88. The van der Waals surface area contributed by atoms with Gasteiger partial charge in [-0.3, -0.25) is 14.9 Å². The number of pyridine rings is 1. The highest BCUT2D eigenvalue weighted by atomic mass is 35.5. The summed E-state index contributed by atoms with van der Waals surface area (Å²) in [6.07, 6.45) is 3.00. The summed E-state index contributed by atoms with van der Waals surface area (Å²) in [5.74, 6) is -0.442. The van der Waals surface area contributed by atoms with E-state index in [4.69, 9.17) is 17.3 Å². The van der Waals surface area contributed by atoms with Crippen LogP contribution in [0.15, 0.2) is 30.3 Å². The fourth-order valence-corrected chi connectivity index (χ4v) is 3.81. The lowest BCUT2D eigenvalue weighted by Gasteiger charge is -2.05. The van der Waals surface area contributed by atoms with Crippen molar-refractivity contribution in [1.82, 2.24) is 4.98 Å². The third kappa shape index (κ3) is 4.01. The molecule has 0 aliphatic rings. The Hall–Kier alpha value is -2.71. The molecule has 0 fully saturated rings. The molecule has 3 aromatic rings. The Morgan fingerprint density at radius 2 is 2.15 bits per heavy atom. The predicted molar refractivity (Wildman–Crippen MR) is 109 cm³/mol. The van der Waals surface area contributed by atoms with E-state index >= 15 is 0 Å². The van der Waals surface area contributed by atoms with Crippen LogP contribution in [0.1, 0.15) is 35.1 Å². The SMILES string of the molecule is CCCCc1ccc2c(N)c(C(=O)Nc3ccc(Cl)c([N+](=O)[O-])c3)sc2n1. The van der Waals surface area contributed by atoms with Crippen molar-refractivity contribution in [2.75, 3.05) is 11.1 Å². The number of nitrogens with zero attached hydrogens (tertiary/aromatic N) is 2. The van der Waals surface area contributed by atoms with Crippen molar-refractivity contribution < 1.29 is 9.72 Å². The second kappa shape index (κ2) is 7.89. The summed E-state index contributed by atoms with van der Waals surface area (Å²) in [6.45, 7) is 2.12. The standard InChI is InChI=1S/C18H17ClN4O3S/c1-2-3-4-10-5-7-12-15(20)16(27-18(12)22-10)17(24)21-11-6-8-13(19)14(9-11)23(25)26/h5-9H,2-4,20H2,1H3,(H,21,24). The second-order valence-electron chi connectivity index (χ2n) is 5.98. The van der Waals surface area contributed by atoms with Crippen LogP contribution in [-0.4, -0.2) is 15.8 Å². The van der Waals surface area contributed by atoms with E-state index < -0.39 is 10.8 Å². The van der Waals surface area contributed by atoms with Crippen molar-refractivity contribution >= 4 is 56.1 Å². The van der Waals surface area contributed by atoms with E-state index in [0.717, 1.165) is 30.3 Å². The summed E-state index contributed by atoms with van der Waals surface area (Å²) < 4.78 is 0. The number of anilines is 2. The molecule has 0 radical (unpaired) electrons. The molecule has 0 unspecified atom stereocenters. The van der Waals surface area contributed by atoms with Crippen LogP contribution in [0.3, 0.4) is 0 Å². The molecule has 0 spiro atoms. The van der Waals surface area contributed by atoms with Gasteiger partial charge >= 0.3 is 0 Å². The van der Waals surface area contributed by atoms with Crippen molar-refractivity contribution in [3.05, 3.63) is 56.0 Å². The van der Waals surface area contributed by atoms with Crippen molar-refractivity contribution in [3.63, 3.8) is 0 Å². The van der Waals surface area contributed by atoms with Crippen LogP contribution in [-0.2, 0) is 6.42 Å². The number of halogens is 1. The number of amides is 1. The van der Waals surface area contributed by atoms with E-state index in [0.29, 0.717) is 15.4 Å². The van der Waals surface area contributed by atoms with Gasteiger partial charge in [0, 0.05) is 22.8 Å². The molecule has 0 aliphatic carbocycles. The number of nitrogens with one attached hydrogen (secondary N) is 1. The molecule has 0 atom stereocenters. The fraction of sp³-hybridized carbons (Fsp3) is 0.222. The Kier molecular flexibility index (Phi) is 5.57. The number of nitrogens with two attached hydrogens (primary N) is 1. The van der Waals surface area contributed by atoms with Gasteiger partial charge in [-0.25, -0.2) is 4.98 Å². The van der Waals surface area contributed by atoms with Crippen molar-refractivity contribution in [3.8, 4) is 0 Å². The number of carbonyl (C=O) groups excluding carboxylic acids is 1. The summed E-state index contributed by atoms with van der Waals surface area (Å²) in [5, 5.41) is 14.4. The van der Waals surface area contributed by atoms with Crippen LogP contribution in [0, 0.1) is 10.1 Å². The number of unbranched alkanes of at least 4 members (excludes halogenated alkanes) is 1. The van der Waals surface area contributed by atoms with Gasteiger partial charge in [-0.2, -0.15) is 0 Å². The zero-order chi connectivity index (χ0) is 19.6. The summed E-state index contributed by atoms with van der Waals surface area (Å²) in [4.78, 5) is 28.6. The van der Waals surface area contributed by atoms with Crippen LogP contribution in [0.4, 0.5) is 17.1 Å². The third-order valence-corrected chi connectivity index (χ3v) is 5.48. The van der Waals surface area contributed by atoms with Crippen LogP contribution in [0.2, 0.25) is 5.02 Å². The fourth-order valence-electron chi connectivity index (χ4n) is 2.62. The summed E-state index contributed by atoms with van der Waals surface area (Å²) in [5.41, 5.74) is 7.43. The molecular formula is C18H17ClN4O3S. The lowest BCUT2D eigenvalue weighted by Crippen LogP contribution is -2.12. The molecule has 7 nitrogen and oxygen atoms in total. The van der Waals surface area contributed by atoms with Gasteiger partial charge < -0.3 is 11.1 Å². The number of carbonyl (C=O) groups is 1. The normalized spacial score (nSPS) is 10.9. The smallest absolute Gasteiger partial charge is 0.289 e. The van der Waals surface area contributed by atoms with Crippen molar-refractivity contribution in [1.29, 1.82) is 0 Å². The van der Waals surface area contributed by atoms with Gasteiger partial charge in [-0.15, -0.1) is 11.3 Å². The highest BCUT2D eigenvalue weighted by Crippen LogP contribution is 2.34. The topological polar surface area (TPSA) is 111 Å². The molecule has 0 bridgehead atoms. The Labute approximate surface area is 164 Å². The van der Waals surface area contributed by atoms with E-state index in [-0.39, 0.29) is 16.4 Å². The molecule has 2 aromatic heterocycles. The highest BCUT2D eigenvalue weighted by Gasteiger charge is 2.19. The predicted octanol–water partition coefficient (Wildman–Crippen LogP) is 5.04. The van der Waals surface area contributed by atoms with Gasteiger partial charge in [0.25, 0.3) is 11.6 Å². The van der Waals surface area contributed by atoms with E-state index in [9.17, 15) is 14.9 Å². The number of nitro groups is 1. The molecule has 27 heavy (non-hydrogen) atoms. The van der Waals surface area contributed by atoms with Gasteiger partial charge in [0.05, 0.1) is 10.6 Å². The lowest BCUT2D eigenvalue weighted by atomic mass is 10.1. The number of nitrogen functional groups attached to an aromatic ring is 1. The summed E-state index contributed by atoms with van der Waals surface area (Å²) in [6, 6.07) is 7.88. The van der Waals surface area contributed by atoms with Crippen LogP contribution in [0.25, 0.3) is 10.2 Å². The number of aromatic nitrogens is 1. The number of rotatable bonds is 6. The average Bonchev–Trinajstić information content (AvgIpc) is 2.97. The number of benzene rings is 1. The summed E-state index contributed by atoms with van der Waals surface area (Å²) >= 11 is 7.00. The molecule has 0 saturated carbocycles. The maximum Gasteiger partial charge on any atom is 0.289 e. The maximum absolute atomic E-state index is 12.6. The van der Waals surface area contributed by atoms with Crippen molar-refractivity contribution in [2.24, 2.45) is 0 Å². The minimum atomic E-state index is -0.604. The molecular weight excluding hydrogens is 388 g/mol. The van der Waals surface area contributed by atoms with Gasteiger partial charge in [0.2, 0.25) is 0 Å². The first-order valence-corrected chi connectivity index (χ1v) is 9.53. The maximum atomic E-state index is 12.6. The average molecular weight is 405 g/mol. The molecule has 0 aliphatic heterocycles. The minimum absolute atomic E-state index is 0.00295. The highest BCUT2D eigenvalue weighted by molar-refractivity contribution is 7.21. The monoisotopic (exact) mass is 404 g/mol. The van der Waals surface area contributed by atoms with Crippen LogP contribution >= 0.6 is 22.9 Å². The molecule has 1 amide bonds. The number of nitro benzene ring substituents is 1. The first kappa shape index (κ1) is 19.1. The number of fused-ring (bicyclic) bond motifs is 1. The van der Waals surface area contributed by atoms with Crippen LogP contribution < -0.4 is 11.1 Å². The molecule has 140 valence electrons. The lowest BCUT2D eigenvalue weighted by molar-refractivity contribution is -0.384. The molecule has 9 heteroatoms. The largest absolute Gasteiger partial charge is 0.397 e. The molecule has 0 saturated heterocycles. The first-order valence-electron chi connectivity index (χ1n) is 8.34. The van der Waals surface area contributed by atoms with Crippen LogP contribution in [0.5, 0.6) is 0 Å². The zero-order valence-electron chi connectivity index (χ0n) is 14.5. The van der Waals surface area contributed by atoms with Gasteiger partial charge in [0.1, 0.15) is 14.7 Å². The number of aryl methyl sites for hydroxylation is 1. The van der Waals surface area contributed by atoms with Crippen molar-refractivity contribution in [2.45, 2.75) is 26.2 Å². The summed E-state index contributed by atoms with van der Waals surface area (Å²) in [7, 11) is 0. The number of hydrogen-bond donors (Lipinski definition) is 2. The van der Waals surface area contributed by atoms with E-state index in [2.05, 4.69) is 17.2 Å². The first-order chi connectivity index (χ1) is 12.9. The molecule has 1 aromatic carbocycles. The number of thiophene rings is 1. The Bertz CT molecular complexity index is 1030. The minimum Gasteiger partial charge on any atom is -0.397 e. The van der Waals surface area contributed by atoms with Gasteiger partial charge in [-0.05, 0) is 37.1 Å². The zero-order valence-corrected chi connectivity index (χ0v) is 16.1. The molecule has 2 heterocycles. The van der Waals surface area contributed by atoms with E-state index in [1.165, 1.54) is 29.5 Å². The molecule has 3 rings (SSSR count). The second-order valence-corrected chi connectivity index (χ2v) is 7.39. The quantitative estimate of drug-likeness (QED) is 0.441. The van der Waals surface area contributed by atoms with Gasteiger partial charge in [-0.1, -0.05) is 24.9 Å². The number of hydrogen-bond acceptors (Lipinski definition) is 6. The Morgan fingerprint density at radius 3 is 2.85 bits per heavy atom. The van der Waals surface area contributed by atoms with E-state index in [1.54, 1.807) is 0 Å². The van der Waals surface area contributed by atoms with Gasteiger partial charge in [0.15, 0.2) is 0 Å². The Morgan fingerprint density at radius 1 is 1.37 bits per heavy atom. The third-order valence-electron chi connectivity index (χ3n) is 4.04.